The van der Waals surface area contributed by atoms with E-state index in [1.807, 2.05) is 0 Å². The molecule has 0 aromatic rings. The smallest absolute Gasteiger partial charge is 0.0586 e. The van der Waals surface area contributed by atoms with Gasteiger partial charge in [-0.2, -0.15) is 0 Å². The topological polar surface area (TPSA) is 23.5 Å². The summed E-state index contributed by atoms with van der Waals surface area (Å²) >= 11 is 0. The molecule has 0 spiro atoms. The van der Waals surface area contributed by atoms with Gasteiger partial charge in [0.1, 0.15) is 0 Å². The van der Waals surface area contributed by atoms with Crippen LogP contribution in [0.1, 0.15) is 13.3 Å². The van der Waals surface area contributed by atoms with Gasteiger partial charge >= 0.3 is 0 Å². The highest BCUT2D eigenvalue weighted by Gasteiger charge is 2.33. The van der Waals surface area contributed by atoms with Crippen molar-refractivity contribution in [3.05, 3.63) is 24.3 Å². The molecule has 0 aromatic carbocycles. The Hall–Kier alpha value is -0.600. The summed E-state index contributed by atoms with van der Waals surface area (Å²) in [5.41, 5.74) is 0. The fourth-order valence-corrected chi connectivity index (χ4v) is 2.51. The minimum absolute atomic E-state index is 0.295. The third-order valence-corrected chi connectivity index (χ3v) is 3.47. The fraction of sp³-hybridized carbons (Fsp3) is 0.667. The van der Waals surface area contributed by atoms with Crippen LogP contribution in [0, 0.1) is 11.8 Å². The molecule has 1 aliphatic heterocycles. The Morgan fingerprint density at radius 3 is 2.29 bits per heavy atom. The molecule has 2 aliphatic rings. The quantitative estimate of drug-likeness (QED) is 0.733. The maximum absolute atomic E-state index is 9.24. The first-order valence-corrected chi connectivity index (χ1v) is 5.55. The minimum Gasteiger partial charge on any atom is -0.395 e. The average molecular weight is 193 g/mol. The lowest BCUT2D eigenvalue weighted by molar-refractivity contribution is 0.139. The van der Waals surface area contributed by atoms with Gasteiger partial charge in [-0.15, -0.1) is 0 Å². The number of aliphatic hydroxyl groups excluding tert-OH is 1. The summed E-state index contributed by atoms with van der Waals surface area (Å²) in [6.45, 7) is 4.67. The molecular weight excluding hydrogens is 174 g/mol. The molecule has 14 heavy (non-hydrogen) atoms. The molecule has 1 heterocycles. The van der Waals surface area contributed by atoms with Crippen LogP contribution in [-0.2, 0) is 0 Å². The summed E-state index contributed by atoms with van der Waals surface area (Å²) in [7, 11) is 0. The second-order valence-electron chi connectivity index (χ2n) is 4.30. The lowest BCUT2D eigenvalue weighted by Gasteiger charge is -2.24. The number of allylic oxidation sites excluding steroid dienone is 2. The van der Waals surface area contributed by atoms with Gasteiger partial charge in [-0.3, -0.25) is 4.90 Å². The summed E-state index contributed by atoms with van der Waals surface area (Å²) in [5.74, 6) is 1.36. The number of likely N-dealkylation sites (tertiary alicyclic amines) is 1. The number of aliphatic hydroxyl groups is 1. The van der Waals surface area contributed by atoms with Gasteiger partial charge in [-0.25, -0.2) is 0 Å². The molecular formula is C12H19NO. The van der Waals surface area contributed by atoms with Crippen LogP contribution in [0.2, 0.25) is 0 Å². The number of nitrogens with zero attached hydrogens (tertiary/aromatic N) is 1. The van der Waals surface area contributed by atoms with Crippen LogP contribution in [0.25, 0.3) is 0 Å². The molecule has 0 radical (unpaired) electrons. The molecule has 1 saturated heterocycles. The molecule has 1 fully saturated rings. The largest absolute Gasteiger partial charge is 0.395 e. The molecule has 0 bridgehead atoms. The minimum atomic E-state index is 0.295. The van der Waals surface area contributed by atoms with E-state index in [2.05, 4.69) is 36.1 Å². The summed E-state index contributed by atoms with van der Waals surface area (Å²) < 4.78 is 0. The van der Waals surface area contributed by atoms with Crippen LogP contribution < -0.4 is 0 Å². The van der Waals surface area contributed by atoms with Crippen molar-refractivity contribution in [2.75, 3.05) is 19.7 Å². The van der Waals surface area contributed by atoms with Gasteiger partial charge in [-0.1, -0.05) is 31.2 Å². The molecule has 2 nitrogen and oxygen atoms in total. The Kier molecular flexibility index (Phi) is 3.04. The molecule has 2 rings (SSSR count). The highest BCUT2D eigenvalue weighted by Crippen LogP contribution is 2.29. The molecule has 0 saturated carbocycles. The van der Waals surface area contributed by atoms with Crippen molar-refractivity contribution >= 4 is 0 Å². The number of fused-ring (bicyclic) bond motifs is 1. The van der Waals surface area contributed by atoms with Gasteiger partial charge in [-0.05, 0) is 18.3 Å². The Balaban J connectivity index is 1.99. The zero-order chi connectivity index (χ0) is 9.97. The first-order valence-electron chi connectivity index (χ1n) is 5.55. The molecule has 3 atom stereocenters. The second-order valence-corrected chi connectivity index (χ2v) is 4.30. The first-order chi connectivity index (χ1) is 6.85. The Labute approximate surface area is 85.9 Å². The maximum atomic E-state index is 9.24. The average Bonchev–Trinajstić information content (AvgIpc) is 2.63. The fourth-order valence-electron chi connectivity index (χ4n) is 2.51. The van der Waals surface area contributed by atoms with E-state index in [0.29, 0.717) is 24.5 Å². The summed E-state index contributed by atoms with van der Waals surface area (Å²) in [4.78, 5) is 2.43. The van der Waals surface area contributed by atoms with E-state index in [-0.39, 0.29) is 0 Å². The van der Waals surface area contributed by atoms with Crippen LogP contribution in [0.15, 0.2) is 24.3 Å². The molecule has 0 unspecified atom stereocenters. The maximum Gasteiger partial charge on any atom is 0.0586 e. The van der Waals surface area contributed by atoms with Crippen LogP contribution in [0.5, 0.6) is 0 Å². The van der Waals surface area contributed by atoms with E-state index in [4.69, 9.17) is 0 Å². The van der Waals surface area contributed by atoms with Gasteiger partial charge in [0.05, 0.1) is 6.61 Å². The van der Waals surface area contributed by atoms with Crippen molar-refractivity contribution in [1.82, 2.24) is 4.90 Å². The predicted octanol–water partition coefficient (Wildman–Crippen LogP) is 1.43. The number of rotatable bonds is 3. The molecule has 78 valence electrons. The van der Waals surface area contributed by atoms with E-state index in [1.165, 1.54) is 0 Å². The standard InChI is InChI=1S/C12H19NO/c1-2-12(9-14)13-7-10-5-3-4-6-11(10)8-13/h3-6,10-12,14H,2,7-9H2,1H3/t10-,11-,12-/m1/s1. The van der Waals surface area contributed by atoms with E-state index >= 15 is 0 Å². The molecule has 0 amide bonds. The Bertz CT molecular complexity index is 223. The third kappa shape index (κ3) is 1.77. The monoisotopic (exact) mass is 193 g/mol. The van der Waals surface area contributed by atoms with Gasteiger partial charge < -0.3 is 5.11 Å². The Morgan fingerprint density at radius 2 is 1.86 bits per heavy atom. The number of hydrogen-bond acceptors (Lipinski definition) is 2. The van der Waals surface area contributed by atoms with Gasteiger partial charge in [0.25, 0.3) is 0 Å². The van der Waals surface area contributed by atoms with Crippen molar-refractivity contribution in [2.45, 2.75) is 19.4 Å². The lowest BCUT2D eigenvalue weighted by atomic mass is 9.92. The third-order valence-electron chi connectivity index (χ3n) is 3.47. The van der Waals surface area contributed by atoms with Crippen molar-refractivity contribution in [2.24, 2.45) is 11.8 Å². The zero-order valence-electron chi connectivity index (χ0n) is 8.76. The molecule has 2 heteroatoms. The van der Waals surface area contributed by atoms with E-state index < -0.39 is 0 Å². The van der Waals surface area contributed by atoms with E-state index in [0.717, 1.165) is 19.5 Å². The van der Waals surface area contributed by atoms with Gasteiger partial charge in [0.2, 0.25) is 0 Å². The normalized spacial score (nSPS) is 33.3. The van der Waals surface area contributed by atoms with Crippen molar-refractivity contribution in [1.29, 1.82) is 0 Å². The SMILES string of the molecule is CC[C@H](CO)N1C[C@H]2C=CC=C[C@@H]2C1. The molecule has 1 N–H and O–H groups in total. The van der Waals surface area contributed by atoms with Crippen LogP contribution in [0.4, 0.5) is 0 Å². The van der Waals surface area contributed by atoms with Crippen molar-refractivity contribution < 1.29 is 5.11 Å². The second kappa shape index (κ2) is 4.28. The highest BCUT2D eigenvalue weighted by molar-refractivity contribution is 5.17. The van der Waals surface area contributed by atoms with Gasteiger partial charge in [0, 0.05) is 19.1 Å². The molecule has 1 aliphatic carbocycles. The van der Waals surface area contributed by atoms with Gasteiger partial charge in [0.15, 0.2) is 0 Å². The van der Waals surface area contributed by atoms with Crippen molar-refractivity contribution in [3.8, 4) is 0 Å². The predicted molar refractivity (Wildman–Crippen MR) is 58.0 cm³/mol. The summed E-state index contributed by atoms with van der Waals surface area (Å²) in [5, 5.41) is 9.24. The number of hydrogen-bond donors (Lipinski definition) is 1. The highest BCUT2D eigenvalue weighted by atomic mass is 16.3. The Morgan fingerprint density at radius 1 is 1.29 bits per heavy atom. The lowest BCUT2D eigenvalue weighted by Crippen LogP contribution is -2.35. The molecule has 0 aromatic heterocycles. The van der Waals surface area contributed by atoms with E-state index in [9.17, 15) is 5.11 Å². The van der Waals surface area contributed by atoms with E-state index in [1.54, 1.807) is 0 Å². The summed E-state index contributed by atoms with van der Waals surface area (Å²) in [6.07, 6.45) is 9.93. The zero-order valence-corrected chi connectivity index (χ0v) is 8.76. The van der Waals surface area contributed by atoms with Crippen LogP contribution >= 0.6 is 0 Å². The van der Waals surface area contributed by atoms with Crippen molar-refractivity contribution in [3.63, 3.8) is 0 Å². The first kappa shape index (κ1) is 9.94. The van der Waals surface area contributed by atoms with Crippen LogP contribution in [0.3, 0.4) is 0 Å². The van der Waals surface area contributed by atoms with Crippen LogP contribution in [-0.4, -0.2) is 35.7 Å². The summed E-state index contributed by atoms with van der Waals surface area (Å²) in [6, 6.07) is 0.363.